The molecule has 2 fully saturated rings. The lowest BCUT2D eigenvalue weighted by atomic mass is 9.85. The van der Waals surface area contributed by atoms with Crippen molar-refractivity contribution in [2.24, 2.45) is 11.3 Å². The van der Waals surface area contributed by atoms with Gasteiger partial charge < -0.3 is 4.90 Å². The summed E-state index contributed by atoms with van der Waals surface area (Å²) >= 11 is 0. The van der Waals surface area contributed by atoms with Gasteiger partial charge in [0.05, 0.1) is 11.5 Å². The van der Waals surface area contributed by atoms with Crippen LogP contribution in [0.5, 0.6) is 0 Å². The Balaban J connectivity index is 1.67. The Morgan fingerprint density at radius 3 is 2.72 bits per heavy atom. The second-order valence-electron chi connectivity index (χ2n) is 6.89. The lowest BCUT2D eigenvalue weighted by Crippen LogP contribution is -2.35. The van der Waals surface area contributed by atoms with Gasteiger partial charge >= 0.3 is 0 Å². The van der Waals surface area contributed by atoms with Crippen molar-refractivity contribution >= 4 is 0 Å². The summed E-state index contributed by atoms with van der Waals surface area (Å²) in [5, 5.41) is 9.00. The van der Waals surface area contributed by atoms with Crippen molar-refractivity contribution in [3.63, 3.8) is 0 Å². The molecule has 0 N–H and O–H groups in total. The molecule has 1 heterocycles. The van der Waals surface area contributed by atoms with Gasteiger partial charge in [-0.2, -0.15) is 5.26 Å². The van der Waals surface area contributed by atoms with Crippen molar-refractivity contribution in [3.05, 3.63) is 0 Å². The van der Waals surface area contributed by atoms with Crippen LogP contribution in [0.4, 0.5) is 0 Å². The molecule has 0 radical (unpaired) electrons. The Kier molecular flexibility index (Phi) is 4.67. The van der Waals surface area contributed by atoms with Gasteiger partial charge in [-0.1, -0.05) is 19.3 Å². The van der Waals surface area contributed by atoms with Gasteiger partial charge in [0.25, 0.3) is 0 Å². The topological polar surface area (TPSA) is 27.0 Å². The van der Waals surface area contributed by atoms with E-state index in [2.05, 4.69) is 24.8 Å². The SMILES string of the molecule is CC(C)(C#N)CCCCN1CCC2CCCCC21. The highest BCUT2D eigenvalue weighted by Gasteiger charge is 2.34. The number of hydrogen-bond acceptors (Lipinski definition) is 2. The third kappa shape index (κ3) is 3.48. The van der Waals surface area contributed by atoms with Gasteiger partial charge in [0, 0.05) is 6.04 Å². The van der Waals surface area contributed by atoms with Crippen LogP contribution in [-0.4, -0.2) is 24.0 Å². The molecule has 0 aromatic carbocycles. The summed E-state index contributed by atoms with van der Waals surface area (Å²) in [6, 6.07) is 3.31. The monoisotopic (exact) mass is 248 g/mol. The van der Waals surface area contributed by atoms with Crippen molar-refractivity contribution < 1.29 is 0 Å². The van der Waals surface area contributed by atoms with E-state index in [4.69, 9.17) is 5.26 Å². The molecule has 1 saturated carbocycles. The van der Waals surface area contributed by atoms with Gasteiger partial charge in [0.1, 0.15) is 0 Å². The molecule has 0 aromatic rings. The fourth-order valence-corrected chi connectivity index (χ4v) is 3.72. The second-order valence-corrected chi connectivity index (χ2v) is 6.89. The highest BCUT2D eigenvalue weighted by molar-refractivity contribution is 4.92. The van der Waals surface area contributed by atoms with Gasteiger partial charge in [0.2, 0.25) is 0 Å². The minimum Gasteiger partial charge on any atom is -0.300 e. The maximum absolute atomic E-state index is 9.00. The molecule has 18 heavy (non-hydrogen) atoms. The summed E-state index contributed by atoms with van der Waals surface area (Å²) in [5.41, 5.74) is -0.127. The van der Waals surface area contributed by atoms with Crippen LogP contribution < -0.4 is 0 Å². The number of unbranched alkanes of at least 4 members (excludes halogenated alkanes) is 1. The summed E-state index contributed by atoms with van der Waals surface area (Å²) in [5.74, 6) is 1.01. The van der Waals surface area contributed by atoms with Crippen molar-refractivity contribution in [2.45, 2.75) is 71.3 Å². The molecule has 0 amide bonds. The van der Waals surface area contributed by atoms with Crippen molar-refractivity contribution in [1.82, 2.24) is 4.90 Å². The van der Waals surface area contributed by atoms with Gasteiger partial charge in [-0.25, -0.2) is 0 Å². The minimum absolute atomic E-state index is 0.127. The van der Waals surface area contributed by atoms with Gasteiger partial charge in [-0.05, 0) is 65.0 Å². The molecule has 102 valence electrons. The number of nitrogens with zero attached hydrogens (tertiary/aromatic N) is 2. The zero-order valence-electron chi connectivity index (χ0n) is 12.1. The van der Waals surface area contributed by atoms with Crippen LogP contribution in [0.1, 0.15) is 65.2 Å². The van der Waals surface area contributed by atoms with Crippen LogP contribution in [0.25, 0.3) is 0 Å². The Labute approximate surface area is 112 Å². The summed E-state index contributed by atoms with van der Waals surface area (Å²) in [7, 11) is 0. The normalized spacial score (nSPS) is 28.9. The van der Waals surface area contributed by atoms with E-state index in [0.29, 0.717) is 0 Å². The summed E-state index contributed by atoms with van der Waals surface area (Å²) < 4.78 is 0. The van der Waals surface area contributed by atoms with Crippen LogP contribution in [-0.2, 0) is 0 Å². The summed E-state index contributed by atoms with van der Waals surface area (Å²) in [4.78, 5) is 2.74. The van der Waals surface area contributed by atoms with E-state index in [0.717, 1.165) is 18.4 Å². The van der Waals surface area contributed by atoms with E-state index in [1.165, 1.54) is 58.0 Å². The first-order valence-corrected chi connectivity index (χ1v) is 7.78. The fraction of sp³-hybridized carbons (Fsp3) is 0.938. The third-order valence-electron chi connectivity index (χ3n) is 4.92. The number of likely N-dealkylation sites (tertiary alicyclic amines) is 1. The van der Waals surface area contributed by atoms with E-state index in [9.17, 15) is 0 Å². The van der Waals surface area contributed by atoms with Crippen LogP contribution in [0.2, 0.25) is 0 Å². The maximum Gasteiger partial charge on any atom is 0.0683 e. The Morgan fingerprint density at radius 1 is 1.17 bits per heavy atom. The predicted octanol–water partition coefficient (Wildman–Crippen LogP) is 3.97. The molecule has 0 bridgehead atoms. The Bertz CT molecular complexity index is 303. The molecular weight excluding hydrogens is 220 g/mol. The minimum atomic E-state index is -0.127. The number of rotatable bonds is 5. The molecule has 2 heteroatoms. The van der Waals surface area contributed by atoms with E-state index in [-0.39, 0.29) is 5.41 Å². The number of hydrogen-bond donors (Lipinski definition) is 0. The number of nitriles is 1. The molecule has 0 aromatic heterocycles. The molecule has 2 nitrogen and oxygen atoms in total. The van der Waals surface area contributed by atoms with Gasteiger partial charge in [-0.3, -0.25) is 0 Å². The highest BCUT2D eigenvalue weighted by Crippen LogP contribution is 2.36. The van der Waals surface area contributed by atoms with Gasteiger partial charge in [-0.15, -0.1) is 0 Å². The molecule has 2 aliphatic rings. The van der Waals surface area contributed by atoms with Crippen LogP contribution in [0.3, 0.4) is 0 Å². The average Bonchev–Trinajstić information content (AvgIpc) is 2.78. The smallest absolute Gasteiger partial charge is 0.0683 e. The lowest BCUT2D eigenvalue weighted by molar-refractivity contribution is 0.178. The van der Waals surface area contributed by atoms with Gasteiger partial charge in [0.15, 0.2) is 0 Å². The average molecular weight is 248 g/mol. The Hall–Kier alpha value is -0.550. The summed E-state index contributed by atoms with van der Waals surface area (Å²) in [6.45, 7) is 6.71. The zero-order chi connectivity index (χ0) is 13.0. The third-order valence-corrected chi connectivity index (χ3v) is 4.92. The first kappa shape index (κ1) is 13.9. The molecule has 2 rings (SSSR count). The largest absolute Gasteiger partial charge is 0.300 e. The quantitative estimate of drug-likeness (QED) is 0.688. The van der Waals surface area contributed by atoms with Crippen molar-refractivity contribution in [2.75, 3.05) is 13.1 Å². The lowest BCUT2D eigenvalue weighted by Gasteiger charge is -2.31. The first-order chi connectivity index (χ1) is 8.62. The molecule has 0 spiro atoms. The van der Waals surface area contributed by atoms with E-state index < -0.39 is 0 Å². The van der Waals surface area contributed by atoms with Crippen LogP contribution >= 0.6 is 0 Å². The second kappa shape index (κ2) is 6.06. The first-order valence-electron chi connectivity index (χ1n) is 7.78. The standard InChI is InChI=1S/C16H28N2/c1-16(2,13-17)10-5-6-11-18-12-9-14-7-3-4-8-15(14)18/h14-15H,3-12H2,1-2H3. The molecule has 2 atom stereocenters. The maximum atomic E-state index is 9.00. The molecule has 1 aliphatic heterocycles. The van der Waals surface area contributed by atoms with Crippen LogP contribution in [0.15, 0.2) is 0 Å². The van der Waals surface area contributed by atoms with E-state index in [1.54, 1.807) is 0 Å². The van der Waals surface area contributed by atoms with E-state index in [1.807, 2.05) is 0 Å². The predicted molar refractivity (Wildman–Crippen MR) is 75.2 cm³/mol. The number of fused-ring (bicyclic) bond motifs is 1. The van der Waals surface area contributed by atoms with E-state index >= 15 is 0 Å². The van der Waals surface area contributed by atoms with Crippen molar-refractivity contribution in [3.8, 4) is 6.07 Å². The zero-order valence-corrected chi connectivity index (χ0v) is 12.1. The Morgan fingerprint density at radius 2 is 1.94 bits per heavy atom. The molecular formula is C16H28N2. The fourth-order valence-electron chi connectivity index (χ4n) is 3.72. The molecule has 2 unspecified atom stereocenters. The molecule has 1 saturated heterocycles. The van der Waals surface area contributed by atoms with Crippen LogP contribution in [0, 0.1) is 22.7 Å². The highest BCUT2D eigenvalue weighted by atomic mass is 15.2. The summed E-state index contributed by atoms with van der Waals surface area (Å²) in [6.07, 6.45) is 10.8. The van der Waals surface area contributed by atoms with Crippen molar-refractivity contribution in [1.29, 1.82) is 5.26 Å². The molecule has 1 aliphatic carbocycles.